The predicted molar refractivity (Wildman–Crippen MR) is 93.2 cm³/mol. The molecule has 116 valence electrons. The Balaban J connectivity index is 1.83. The Hall–Kier alpha value is -2.30. The molecule has 0 fully saturated rings. The van der Waals surface area contributed by atoms with Crippen LogP contribution in [0.15, 0.2) is 48.5 Å². The maximum Gasteiger partial charge on any atom is 0.273 e. The molecule has 1 aromatic heterocycles. The number of hydrogen-bond donors (Lipinski definition) is 2. The number of aryl methyl sites for hydroxylation is 1. The highest BCUT2D eigenvalue weighted by Crippen LogP contribution is 2.30. The molecule has 0 aliphatic heterocycles. The van der Waals surface area contributed by atoms with Crippen molar-refractivity contribution in [1.82, 2.24) is 10.2 Å². The highest BCUT2D eigenvalue weighted by atomic mass is 35.5. The van der Waals surface area contributed by atoms with Gasteiger partial charge in [-0.05, 0) is 25.1 Å². The van der Waals surface area contributed by atoms with Crippen LogP contribution in [0.2, 0.25) is 10.0 Å². The van der Waals surface area contributed by atoms with Crippen molar-refractivity contribution < 1.29 is 4.79 Å². The van der Waals surface area contributed by atoms with Crippen molar-refractivity contribution in [2.24, 2.45) is 0 Å². The van der Waals surface area contributed by atoms with Gasteiger partial charge in [-0.25, -0.2) is 0 Å². The molecule has 0 spiro atoms. The summed E-state index contributed by atoms with van der Waals surface area (Å²) in [6.07, 6.45) is 0. The highest BCUT2D eigenvalue weighted by Gasteiger charge is 2.14. The van der Waals surface area contributed by atoms with Crippen LogP contribution in [0, 0.1) is 6.92 Å². The molecule has 0 atom stereocenters. The van der Waals surface area contributed by atoms with E-state index in [4.69, 9.17) is 23.2 Å². The lowest BCUT2D eigenvalue weighted by atomic mass is 10.1. The number of carbonyl (C=O) groups is 1. The molecule has 1 heterocycles. The van der Waals surface area contributed by atoms with Gasteiger partial charge in [0.1, 0.15) is 5.69 Å². The Labute approximate surface area is 143 Å². The van der Waals surface area contributed by atoms with Gasteiger partial charge in [-0.2, -0.15) is 5.10 Å². The first-order chi connectivity index (χ1) is 11.0. The second-order valence-electron chi connectivity index (χ2n) is 5.08. The van der Waals surface area contributed by atoms with E-state index in [1.165, 1.54) is 0 Å². The third kappa shape index (κ3) is 3.38. The van der Waals surface area contributed by atoms with Crippen LogP contribution < -0.4 is 5.32 Å². The molecule has 3 aromatic rings. The Morgan fingerprint density at radius 1 is 1.09 bits per heavy atom. The van der Waals surface area contributed by atoms with E-state index in [2.05, 4.69) is 15.5 Å². The van der Waals surface area contributed by atoms with E-state index in [-0.39, 0.29) is 5.91 Å². The van der Waals surface area contributed by atoms with Gasteiger partial charge >= 0.3 is 0 Å². The molecule has 6 heteroatoms. The van der Waals surface area contributed by atoms with Gasteiger partial charge in [0, 0.05) is 5.56 Å². The van der Waals surface area contributed by atoms with Crippen LogP contribution in [0.1, 0.15) is 16.1 Å². The van der Waals surface area contributed by atoms with E-state index in [9.17, 15) is 4.79 Å². The molecule has 2 aromatic carbocycles. The van der Waals surface area contributed by atoms with Crippen LogP contribution in [-0.4, -0.2) is 16.1 Å². The van der Waals surface area contributed by atoms with Crippen LogP contribution in [0.4, 0.5) is 5.69 Å². The van der Waals surface area contributed by atoms with Crippen LogP contribution in [0.3, 0.4) is 0 Å². The number of nitrogens with zero attached hydrogens (tertiary/aromatic N) is 1. The number of rotatable bonds is 3. The number of para-hydroxylation sites is 1. The molecule has 0 aliphatic rings. The summed E-state index contributed by atoms with van der Waals surface area (Å²) in [5.74, 6) is -0.356. The molecule has 0 saturated carbocycles. The maximum atomic E-state index is 12.3. The zero-order valence-electron chi connectivity index (χ0n) is 12.2. The normalized spacial score (nSPS) is 10.6. The average Bonchev–Trinajstić information content (AvgIpc) is 3.02. The van der Waals surface area contributed by atoms with Crippen LogP contribution in [-0.2, 0) is 0 Å². The number of benzene rings is 2. The minimum absolute atomic E-state index is 0.330. The second kappa shape index (κ2) is 6.44. The molecule has 0 radical (unpaired) electrons. The first kappa shape index (κ1) is 15.6. The zero-order valence-corrected chi connectivity index (χ0v) is 13.7. The fourth-order valence-corrected chi connectivity index (χ4v) is 2.60. The first-order valence-electron chi connectivity index (χ1n) is 6.92. The van der Waals surface area contributed by atoms with E-state index in [1.54, 1.807) is 24.3 Å². The highest BCUT2D eigenvalue weighted by molar-refractivity contribution is 6.40. The maximum absolute atomic E-state index is 12.3. The summed E-state index contributed by atoms with van der Waals surface area (Å²) in [4.78, 5) is 12.3. The first-order valence-corrected chi connectivity index (χ1v) is 7.68. The predicted octanol–water partition coefficient (Wildman–Crippen LogP) is 4.94. The summed E-state index contributed by atoms with van der Waals surface area (Å²) < 4.78 is 0. The summed E-state index contributed by atoms with van der Waals surface area (Å²) in [5, 5.41) is 10.4. The lowest BCUT2D eigenvalue weighted by molar-refractivity contribution is 0.102. The lowest BCUT2D eigenvalue weighted by Gasteiger charge is -2.07. The van der Waals surface area contributed by atoms with Crippen molar-refractivity contribution in [2.45, 2.75) is 6.92 Å². The average molecular weight is 346 g/mol. The van der Waals surface area contributed by atoms with Gasteiger partial charge in [0.2, 0.25) is 0 Å². The van der Waals surface area contributed by atoms with Crippen LogP contribution >= 0.6 is 23.2 Å². The molecule has 0 aliphatic carbocycles. The van der Waals surface area contributed by atoms with Gasteiger partial charge in [-0.3, -0.25) is 9.89 Å². The monoisotopic (exact) mass is 345 g/mol. The Bertz CT molecular complexity index is 836. The van der Waals surface area contributed by atoms with Crippen molar-refractivity contribution in [3.05, 3.63) is 69.8 Å². The number of amides is 1. The molecule has 4 nitrogen and oxygen atoms in total. The van der Waals surface area contributed by atoms with Crippen molar-refractivity contribution in [3.8, 4) is 11.3 Å². The molecular weight excluding hydrogens is 333 g/mol. The molecule has 0 unspecified atom stereocenters. The third-order valence-corrected chi connectivity index (χ3v) is 4.00. The molecule has 0 saturated heterocycles. The Morgan fingerprint density at radius 2 is 1.74 bits per heavy atom. The largest absolute Gasteiger partial charge is 0.318 e. The van der Waals surface area contributed by atoms with Crippen LogP contribution in [0.25, 0.3) is 11.3 Å². The Morgan fingerprint density at radius 3 is 2.39 bits per heavy atom. The number of carbonyl (C=O) groups excluding carboxylic acids is 1. The summed E-state index contributed by atoms with van der Waals surface area (Å²) in [5.41, 5.74) is 3.50. The second-order valence-corrected chi connectivity index (χ2v) is 5.90. The van der Waals surface area contributed by atoms with E-state index in [0.717, 1.165) is 11.1 Å². The van der Waals surface area contributed by atoms with E-state index in [0.29, 0.717) is 27.1 Å². The molecular formula is C17H13Cl2N3O. The fourth-order valence-electron chi connectivity index (χ4n) is 2.11. The smallest absolute Gasteiger partial charge is 0.273 e. The minimum Gasteiger partial charge on any atom is -0.318 e. The topological polar surface area (TPSA) is 57.8 Å². The number of anilines is 1. The van der Waals surface area contributed by atoms with E-state index < -0.39 is 0 Å². The summed E-state index contributed by atoms with van der Waals surface area (Å²) >= 11 is 12.1. The van der Waals surface area contributed by atoms with E-state index >= 15 is 0 Å². The van der Waals surface area contributed by atoms with Gasteiger partial charge in [0.05, 0.1) is 21.4 Å². The SMILES string of the molecule is Cc1ccc(-c2cc(C(=O)Nc3c(Cl)cccc3Cl)[nH]n2)cc1. The van der Waals surface area contributed by atoms with Crippen molar-refractivity contribution in [1.29, 1.82) is 0 Å². The summed E-state index contributed by atoms with van der Waals surface area (Å²) in [6.45, 7) is 2.01. The Kier molecular flexibility index (Phi) is 4.37. The third-order valence-electron chi connectivity index (χ3n) is 3.37. The van der Waals surface area contributed by atoms with Gasteiger partial charge < -0.3 is 5.32 Å². The van der Waals surface area contributed by atoms with Gasteiger partial charge in [0.15, 0.2) is 0 Å². The molecule has 2 N–H and O–H groups in total. The number of hydrogen-bond acceptors (Lipinski definition) is 2. The zero-order chi connectivity index (χ0) is 16.4. The summed E-state index contributed by atoms with van der Waals surface area (Å²) in [7, 11) is 0. The van der Waals surface area contributed by atoms with Gasteiger partial charge in [-0.1, -0.05) is 59.1 Å². The van der Waals surface area contributed by atoms with E-state index in [1.807, 2.05) is 31.2 Å². The number of H-pyrrole nitrogens is 1. The van der Waals surface area contributed by atoms with Gasteiger partial charge in [0.25, 0.3) is 5.91 Å². The lowest BCUT2D eigenvalue weighted by Crippen LogP contribution is -2.13. The van der Waals surface area contributed by atoms with Gasteiger partial charge in [-0.15, -0.1) is 0 Å². The van der Waals surface area contributed by atoms with Crippen molar-refractivity contribution >= 4 is 34.8 Å². The van der Waals surface area contributed by atoms with Crippen molar-refractivity contribution in [2.75, 3.05) is 5.32 Å². The fraction of sp³-hybridized carbons (Fsp3) is 0.0588. The quantitative estimate of drug-likeness (QED) is 0.705. The minimum atomic E-state index is -0.356. The molecule has 0 bridgehead atoms. The molecule has 1 amide bonds. The number of nitrogens with one attached hydrogen (secondary N) is 2. The van der Waals surface area contributed by atoms with Crippen molar-refractivity contribution in [3.63, 3.8) is 0 Å². The standard InChI is InChI=1S/C17H13Cl2N3O/c1-10-5-7-11(8-6-10)14-9-15(22-21-14)17(23)20-16-12(18)3-2-4-13(16)19/h2-9H,1H3,(H,20,23)(H,21,22). The number of aromatic amines is 1. The molecule has 23 heavy (non-hydrogen) atoms. The number of halogens is 2. The summed E-state index contributed by atoms with van der Waals surface area (Å²) in [6, 6.07) is 14.6. The molecule has 3 rings (SSSR count). The number of aromatic nitrogens is 2. The van der Waals surface area contributed by atoms with Crippen LogP contribution in [0.5, 0.6) is 0 Å².